The number of aliphatic hydroxyl groups excluding tert-OH is 1. The van der Waals surface area contributed by atoms with Crippen molar-refractivity contribution in [1.29, 1.82) is 0 Å². The van der Waals surface area contributed by atoms with Crippen molar-refractivity contribution in [2.45, 2.75) is 26.0 Å². The van der Waals surface area contributed by atoms with Crippen LogP contribution in [0.2, 0.25) is 0 Å². The minimum atomic E-state index is -0.0130. The summed E-state index contributed by atoms with van der Waals surface area (Å²) in [5, 5.41) is 21.4. The number of hydrogen-bond acceptors (Lipinski definition) is 5. The van der Waals surface area contributed by atoms with E-state index in [-0.39, 0.29) is 6.61 Å². The van der Waals surface area contributed by atoms with E-state index in [9.17, 15) is 5.11 Å². The molecule has 0 saturated carbocycles. The summed E-state index contributed by atoms with van der Waals surface area (Å²) < 4.78 is 1.97. The van der Waals surface area contributed by atoms with E-state index in [0.29, 0.717) is 0 Å². The second-order valence-electron chi connectivity index (χ2n) is 5.18. The average molecular weight is 297 g/mol. The number of nitrogens with one attached hydrogen (secondary N) is 1. The quantitative estimate of drug-likeness (QED) is 0.654. The minimum Gasteiger partial charge on any atom is -0.392 e. The Morgan fingerprint density at radius 3 is 2.73 bits per heavy atom. The highest BCUT2D eigenvalue weighted by atomic mass is 16.3. The maximum Gasteiger partial charge on any atom is 0.132 e. The lowest BCUT2D eigenvalue weighted by atomic mass is 10.1. The Kier molecular flexibility index (Phi) is 4.60. The first-order valence-corrected chi connectivity index (χ1v) is 7.42. The Balaban J connectivity index is 1.58. The molecule has 22 heavy (non-hydrogen) atoms. The number of fused-ring (bicyclic) bond motifs is 1. The van der Waals surface area contributed by atoms with Crippen molar-refractivity contribution in [3.05, 3.63) is 48.5 Å². The van der Waals surface area contributed by atoms with E-state index in [1.165, 1.54) is 0 Å². The van der Waals surface area contributed by atoms with E-state index < -0.39 is 0 Å². The molecule has 0 amide bonds. The zero-order chi connectivity index (χ0) is 15.2. The highest BCUT2D eigenvalue weighted by molar-refractivity contribution is 5.81. The molecule has 0 aliphatic rings. The largest absolute Gasteiger partial charge is 0.392 e. The number of benzene rings is 1. The molecule has 0 unspecified atom stereocenters. The number of rotatable bonds is 7. The topological polar surface area (TPSA) is 75.9 Å². The molecule has 0 bridgehead atoms. The normalized spacial score (nSPS) is 11.0. The van der Waals surface area contributed by atoms with Crippen molar-refractivity contribution in [1.82, 2.24) is 19.7 Å². The van der Waals surface area contributed by atoms with Gasteiger partial charge in [-0.1, -0.05) is 18.2 Å². The van der Waals surface area contributed by atoms with Gasteiger partial charge in [0.25, 0.3) is 0 Å². The number of pyridine rings is 1. The summed E-state index contributed by atoms with van der Waals surface area (Å²) in [6.45, 7) is 1.72. The first-order valence-electron chi connectivity index (χ1n) is 7.42. The van der Waals surface area contributed by atoms with Crippen molar-refractivity contribution >= 4 is 16.7 Å². The summed E-state index contributed by atoms with van der Waals surface area (Å²) in [7, 11) is 0. The molecule has 6 heteroatoms. The fraction of sp³-hybridized carbons (Fsp3) is 0.312. The van der Waals surface area contributed by atoms with E-state index in [1.807, 2.05) is 34.9 Å². The standard InChI is InChI=1S/C16H19N5O/c22-10-14-9-13-5-1-2-6-15(13)20-16(14)17-7-3-4-8-21-11-18-19-12-21/h1-2,5-6,9,11-12,22H,3-4,7-8,10H2,(H,17,20). The number of unbranched alkanes of at least 4 members (excludes halogenated alkanes) is 1. The van der Waals surface area contributed by atoms with E-state index in [0.717, 1.165) is 48.2 Å². The Bertz CT molecular complexity index is 726. The number of aromatic nitrogens is 4. The predicted molar refractivity (Wildman–Crippen MR) is 85.4 cm³/mol. The predicted octanol–water partition coefficient (Wildman–Crippen LogP) is 2.21. The molecule has 0 spiro atoms. The molecule has 0 aliphatic carbocycles. The zero-order valence-electron chi connectivity index (χ0n) is 12.3. The number of aliphatic hydroxyl groups is 1. The van der Waals surface area contributed by atoms with Gasteiger partial charge in [0.1, 0.15) is 18.5 Å². The van der Waals surface area contributed by atoms with Crippen LogP contribution in [-0.2, 0) is 13.2 Å². The van der Waals surface area contributed by atoms with Crippen molar-refractivity contribution in [3.8, 4) is 0 Å². The molecule has 2 aromatic heterocycles. The fourth-order valence-electron chi connectivity index (χ4n) is 2.40. The molecule has 3 rings (SSSR count). The number of anilines is 1. The summed E-state index contributed by atoms with van der Waals surface area (Å²) in [4.78, 5) is 4.60. The van der Waals surface area contributed by atoms with E-state index >= 15 is 0 Å². The summed E-state index contributed by atoms with van der Waals surface area (Å²) in [6, 6.07) is 9.92. The minimum absolute atomic E-state index is 0.0130. The Morgan fingerprint density at radius 2 is 1.91 bits per heavy atom. The molecule has 0 atom stereocenters. The van der Waals surface area contributed by atoms with Crippen LogP contribution < -0.4 is 5.32 Å². The third-order valence-electron chi connectivity index (χ3n) is 3.58. The summed E-state index contributed by atoms with van der Waals surface area (Å²) in [5.41, 5.74) is 1.77. The number of aryl methyl sites for hydroxylation is 1. The van der Waals surface area contributed by atoms with E-state index in [2.05, 4.69) is 20.5 Å². The molecule has 2 heterocycles. The zero-order valence-corrected chi connectivity index (χ0v) is 12.3. The first kappa shape index (κ1) is 14.5. The Morgan fingerprint density at radius 1 is 1.09 bits per heavy atom. The smallest absolute Gasteiger partial charge is 0.132 e. The molecule has 0 fully saturated rings. The van der Waals surface area contributed by atoms with Gasteiger partial charge in [0.05, 0.1) is 12.1 Å². The first-order chi connectivity index (χ1) is 10.9. The highest BCUT2D eigenvalue weighted by Crippen LogP contribution is 2.20. The van der Waals surface area contributed by atoms with Gasteiger partial charge >= 0.3 is 0 Å². The molecule has 0 radical (unpaired) electrons. The van der Waals surface area contributed by atoms with Crippen molar-refractivity contribution in [2.24, 2.45) is 0 Å². The molecule has 3 aromatic rings. The van der Waals surface area contributed by atoms with Gasteiger partial charge in [-0.3, -0.25) is 0 Å². The maximum absolute atomic E-state index is 9.51. The van der Waals surface area contributed by atoms with Crippen molar-refractivity contribution in [2.75, 3.05) is 11.9 Å². The average Bonchev–Trinajstić information content (AvgIpc) is 3.07. The molecule has 0 aliphatic heterocycles. The SMILES string of the molecule is OCc1cc2ccccc2nc1NCCCCn1cnnc1. The van der Waals surface area contributed by atoms with Crippen LogP contribution in [-0.4, -0.2) is 31.4 Å². The van der Waals surface area contributed by atoms with Crippen molar-refractivity contribution in [3.63, 3.8) is 0 Å². The lowest BCUT2D eigenvalue weighted by Crippen LogP contribution is -2.08. The third kappa shape index (κ3) is 3.40. The Hall–Kier alpha value is -2.47. The molecule has 6 nitrogen and oxygen atoms in total. The van der Waals surface area contributed by atoms with Crippen LogP contribution >= 0.6 is 0 Å². The van der Waals surface area contributed by atoms with Gasteiger partial charge < -0.3 is 15.0 Å². The monoisotopic (exact) mass is 297 g/mol. The van der Waals surface area contributed by atoms with Gasteiger partial charge in [0, 0.05) is 24.0 Å². The van der Waals surface area contributed by atoms with Crippen LogP contribution in [0.3, 0.4) is 0 Å². The number of hydrogen-bond donors (Lipinski definition) is 2. The summed E-state index contributed by atoms with van der Waals surface area (Å²) in [6.07, 6.45) is 5.50. The van der Waals surface area contributed by atoms with Crippen LogP contribution in [0.4, 0.5) is 5.82 Å². The van der Waals surface area contributed by atoms with Crippen LogP contribution in [0.25, 0.3) is 10.9 Å². The molecule has 0 saturated heterocycles. The second-order valence-corrected chi connectivity index (χ2v) is 5.18. The Labute approximate surface area is 128 Å². The van der Waals surface area contributed by atoms with E-state index in [1.54, 1.807) is 12.7 Å². The second kappa shape index (κ2) is 7.00. The molecule has 2 N–H and O–H groups in total. The molecular formula is C16H19N5O. The van der Waals surface area contributed by atoms with Crippen LogP contribution in [0.5, 0.6) is 0 Å². The van der Waals surface area contributed by atoms with Crippen LogP contribution in [0, 0.1) is 0 Å². The van der Waals surface area contributed by atoms with Gasteiger partial charge in [0.15, 0.2) is 0 Å². The fourth-order valence-corrected chi connectivity index (χ4v) is 2.40. The third-order valence-corrected chi connectivity index (χ3v) is 3.58. The molecule has 1 aromatic carbocycles. The van der Waals surface area contributed by atoms with Gasteiger partial charge in [-0.25, -0.2) is 4.98 Å². The lowest BCUT2D eigenvalue weighted by Gasteiger charge is -2.11. The van der Waals surface area contributed by atoms with Gasteiger partial charge in [0.2, 0.25) is 0 Å². The summed E-state index contributed by atoms with van der Waals surface area (Å²) in [5.74, 6) is 0.769. The number of nitrogens with zero attached hydrogens (tertiary/aromatic N) is 4. The van der Waals surface area contributed by atoms with Gasteiger partial charge in [-0.2, -0.15) is 0 Å². The van der Waals surface area contributed by atoms with Crippen LogP contribution in [0.15, 0.2) is 43.0 Å². The van der Waals surface area contributed by atoms with Crippen LogP contribution in [0.1, 0.15) is 18.4 Å². The lowest BCUT2D eigenvalue weighted by molar-refractivity contribution is 0.282. The van der Waals surface area contributed by atoms with Gasteiger partial charge in [-0.15, -0.1) is 10.2 Å². The molecular weight excluding hydrogens is 278 g/mol. The van der Waals surface area contributed by atoms with Gasteiger partial charge in [-0.05, 0) is 25.0 Å². The van der Waals surface area contributed by atoms with Crippen molar-refractivity contribution < 1.29 is 5.11 Å². The van der Waals surface area contributed by atoms with E-state index in [4.69, 9.17) is 0 Å². The highest BCUT2D eigenvalue weighted by Gasteiger charge is 2.05. The summed E-state index contributed by atoms with van der Waals surface area (Å²) >= 11 is 0. The molecule has 114 valence electrons. The maximum atomic E-state index is 9.51. The number of para-hydroxylation sites is 1.